The molecule has 0 radical (unpaired) electrons. The number of anilines is 1. The van der Waals surface area contributed by atoms with Crippen molar-refractivity contribution in [3.05, 3.63) is 78.4 Å². The van der Waals surface area contributed by atoms with Crippen LogP contribution in [-0.2, 0) is 16.4 Å². The predicted octanol–water partition coefficient (Wildman–Crippen LogP) is 6.26. The van der Waals surface area contributed by atoms with Gasteiger partial charge in [-0.3, -0.25) is 5.01 Å². The number of fused-ring (bicyclic) bond motifs is 3. The Balaban J connectivity index is 1.57. The summed E-state index contributed by atoms with van der Waals surface area (Å²) >= 11 is 0. The summed E-state index contributed by atoms with van der Waals surface area (Å²) in [5.41, 5.74) is 5.34. The summed E-state index contributed by atoms with van der Waals surface area (Å²) in [7, 11) is -3.02. The summed E-state index contributed by atoms with van der Waals surface area (Å²) in [6.07, 6.45) is 1.72. The number of hydrogen-bond acceptors (Lipinski definition) is 4. The van der Waals surface area contributed by atoms with Crippen LogP contribution in [0.2, 0.25) is 0 Å². The minimum absolute atomic E-state index is 0.140. The van der Waals surface area contributed by atoms with Crippen LogP contribution >= 0.6 is 0 Å². The van der Waals surface area contributed by atoms with Gasteiger partial charge in [0.15, 0.2) is 9.84 Å². The second-order valence-corrected chi connectivity index (χ2v) is 12.2. The quantitative estimate of drug-likeness (QED) is 0.228. The Morgan fingerprint density at radius 2 is 1.71 bits per heavy atom. The second kappa shape index (κ2) is 9.50. The highest BCUT2D eigenvalue weighted by molar-refractivity contribution is 7.91. The molecule has 0 bridgehead atoms. The van der Waals surface area contributed by atoms with Crippen molar-refractivity contribution in [3.63, 3.8) is 0 Å². The van der Waals surface area contributed by atoms with E-state index in [9.17, 15) is 8.42 Å². The number of sulfone groups is 1. The summed E-state index contributed by atoms with van der Waals surface area (Å²) in [6.45, 7) is 7.53. The van der Waals surface area contributed by atoms with E-state index in [4.69, 9.17) is 5.10 Å². The molecular formula is C29H33N3O2S. The monoisotopic (exact) mass is 487 g/mol. The molecule has 1 saturated heterocycles. The Morgan fingerprint density at radius 3 is 2.43 bits per heavy atom. The number of aromatic nitrogens is 1. The van der Waals surface area contributed by atoms with Gasteiger partial charge in [0, 0.05) is 28.4 Å². The first-order chi connectivity index (χ1) is 16.8. The summed E-state index contributed by atoms with van der Waals surface area (Å²) in [4.78, 5) is 0. The number of benzene rings is 3. The Morgan fingerprint density at radius 1 is 1.00 bits per heavy atom. The van der Waals surface area contributed by atoms with Crippen LogP contribution in [0.1, 0.15) is 39.2 Å². The molecule has 1 unspecified atom stereocenters. The van der Waals surface area contributed by atoms with Crippen LogP contribution in [-0.4, -0.2) is 36.2 Å². The van der Waals surface area contributed by atoms with Crippen LogP contribution in [0.5, 0.6) is 0 Å². The fourth-order valence-electron chi connectivity index (χ4n) is 5.03. The van der Waals surface area contributed by atoms with E-state index in [1.165, 1.54) is 21.8 Å². The van der Waals surface area contributed by atoms with Crippen LogP contribution < -0.4 is 5.01 Å². The first kappa shape index (κ1) is 23.6. The summed E-state index contributed by atoms with van der Waals surface area (Å²) in [5, 5.41) is 9.39. The van der Waals surface area contributed by atoms with Gasteiger partial charge in [0.05, 0.1) is 28.9 Å². The van der Waals surface area contributed by atoms with Crippen LogP contribution in [0.15, 0.2) is 77.9 Å². The van der Waals surface area contributed by atoms with Gasteiger partial charge >= 0.3 is 0 Å². The highest BCUT2D eigenvalue weighted by atomic mass is 32.2. The van der Waals surface area contributed by atoms with Crippen molar-refractivity contribution in [3.8, 4) is 0 Å². The predicted molar refractivity (Wildman–Crippen MR) is 147 cm³/mol. The van der Waals surface area contributed by atoms with Crippen molar-refractivity contribution in [2.75, 3.05) is 16.5 Å². The SMILES string of the molecule is CC(=NN(c1ccccc1)C1CCS(=O)(=O)C1)c1ccc2c(c1)c1ccccc1n2CCC(C)C. The van der Waals surface area contributed by atoms with E-state index in [0.29, 0.717) is 12.3 Å². The Labute approximate surface area is 208 Å². The van der Waals surface area contributed by atoms with E-state index in [1.54, 1.807) is 0 Å². The molecule has 0 spiro atoms. The molecule has 35 heavy (non-hydrogen) atoms. The molecule has 5 rings (SSSR count). The van der Waals surface area contributed by atoms with E-state index in [0.717, 1.165) is 29.9 Å². The fraction of sp³-hybridized carbons (Fsp3) is 0.345. The molecule has 0 saturated carbocycles. The minimum atomic E-state index is -3.02. The largest absolute Gasteiger partial charge is 0.340 e. The van der Waals surface area contributed by atoms with E-state index >= 15 is 0 Å². The average Bonchev–Trinajstić information content (AvgIpc) is 3.37. The minimum Gasteiger partial charge on any atom is -0.340 e. The average molecular weight is 488 g/mol. The lowest BCUT2D eigenvalue weighted by Crippen LogP contribution is -2.32. The number of nitrogens with zero attached hydrogens (tertiary/aromatic N) is 3. The van der Waals surface area contributed by atoms with Gasteiger partial charge < -0.3 is 4.57 Å². The van der Waals surface area contributed by atoms with Gasteiger partial charge in [0.25, 0.3) is 0 Å². The van der Waals surface area contributed by atoms with Crippen molar-refractivity contribution in [1.82, 2.24) is 4.57 Å². The smallest absolute Gasteiger partial charge is 0.152 e. The maximum absolute atomic E-state index is 12.2. The molecule has 1 aliphatic heterocycles. The van der Waals surface area contributed by atoms with E-state index < -0.39 is 9.84 Å². The molecule has 0 N–H and O–H groups in total. The lowest BCUT2D eigenvalue weighted by Gasteiger charge is -2.26. The molecule has 182 valence electrons. The summed E-state index contributed by atoms with van der Waals surface area (Å²) in [6, 6.07) is 24.9. The van der Waals surface area contributed by atoms with Gasteiger partial charge in [-0.15, -0.1) is 0 Å². The van der Waals surface area contributed by atoms with Gasteiger partial charge in [-0.1, -0.05) is 56.3 Å². The lowest BCUT2D eigenvalue weighted by molar-refractivity contribution is 0.531. The van der Waals surface area contributed by atoms with Gasteiger partial charge in [0.1, 0.15) is 0 Å². The number of rotatable bonds is 7. The fourth-order valence-corrected chi connectivity index (χ4v) is 6.72. The third-order valence-electron chi connectivity index (χ3n) is 6.95. The van der Waals surface area contributed by atoms with Crippen molar-refractivity contribution in [1.29, 1.82) is 0 Å². The Bertz CT molecular complexity index is 1490. The topological polar surface area (TPSA) is 54.7 Å². The van der Waals surface area contributed by atoms with Crippen LogP contribution in [0.25, 0.3) is 21.8 Å². The van der Waals surface area contributed by atoms with Gasteiger partial charge in [0.2, 0.25) is 0 Å². The van der Waals surface area contributed by atoms with Crippen LogP contribution in [0.3, 0.4) is 0 Å². The molecular weight excluding hydrogens is 454 g/mol. The molecule has 5 nitrogen and oxygen atoms in total. The number of hydrazone groups is 1. The van der Waals surface area contributed by atoms with E-state index in [1.807, 2.05) is 42.3 Å². The maximum Gasteiger partial charge on any atom is 0.152 e. The highest BCUT2D eigenvalue weighted by Gasteiger charge is 2.33. The van der Waals surface area contributed by atoms with E-state index in [2.05, 4.69) is 60.9 Å². The summed E-state index contributed by atoms with van der Waals surface area (Å²) < 4.78 is 26.9. The van der Waals surface area contributed by atoms with E-state index in [-0.39, 0.29) is 17.5 Å². The zero-order valence-corrected chi connectivity index (χ0v) is 21.5. The zero-order valence-electron chi connectivity index (χ0n) is 20.7. The van der Waals surface area contributed by atoms with Crippen LogP contribution in [0, 0.1) is 5.92 Å². The molecule has 0 aliphatic carbocycles. The zero-order chi connectivity index (χ0) is 24.6. The highest BCUT2D eigenvalue weighted by Crippen LogP contribution is 2.31. The maximum atomic E-state index is 12.2. The molecule has 4 aromatic rings. The molecule has 1 aliphatic rings. The third-order valence-corrected chi connectivity index (χ3v) is 8.70. The molecule has 1 atom stereocenters. The van der Waals surface area contributed by atoms with Gasteiger partial charge in [-0.2, -0.15) is 5.10 Å². The first-order valence-electron chi connectivity index (χ1n) is 12.4. The number of para-hydroxylation sites is 2. The first-order valence-corrected chi connectivity index (χ1v) is 14.3. The molecule has 6 heteroatoms. The standard InChI is InChI=1S/C29H33N3O2S/c1-21(2)15-17-31-28-12-8-7-11-26(28)27-19-23(13-14-29(27)31)22(3)30-32(24-9-5-4-6-10-24)25-16-18-35(33,34)20-25/h4-14,19,21,25H,15-18,20H2,1-3H3. The van der Waals surface area contributed by atoms with Gasteiger partial charge in [-0.25, -0.2) is 8.42 Å². The second-order valence-electron chi connectivity index (χ2n) is 10.0. The molecule has 1 aromatic heterocycles. The van der Waals surface area contributed by atoms with Crippen LogP contribution in [0.4, 0.5) is 5.69 Å². The lowest BCUT2D eigenvalue weighted by atomic mass is 10.1. The molecule has 1 fully saturated rings. The van der Waals surface area contributed by atoms with Crippen molar-refractivity contribution >= 4 is 43.0 Å². The molecule has 3 aromatic carbocycles. The summed E-state index contributed by atoms with van der Waals surface area (Å²) in [5.74, 6) is 1.00. The Hall–Kier alpha value is -3.12. The van der Waals surface area contributed by atoms with Crippen molar-refractivity contribution in [2.24, 2.45) is 11.0 Å². The van der Waals surface area contributed by atoms with Crippen molar-refractivity contribution < 1.29 is 8.42 Å². The Kier molecular flexibility index (Phi) is 6.41. The van der Waals surface area contributed by atoms with Gasteiger partial charge in [-0.05, 0) is 61.6 Å². The molecule has 2 heterocycles. The number of hydrogen-bond donors (Lipinski definition) is 0. The third kappa shape index (κ3) is 4.85. The number of aryl methyl sites for hydroxylation is 1. The van der Waals surface area contributed by atoms with Crippen molar-refractivity contribution in [2.45, 2.75) is 46.2 Å². The molecule has 0 amide bonds. The normalized spacial score (nSPS) is 18.1.